The lowest BCUT2D eigenvalue weighted by Crippen LogP contribution is -2.27. The minimum absolute atomic E-state index is 0.00838. The summed E-state index contributed by atoms with van der Waals surface area (Å²) >= 11 is 14.4. The van der Waals surface area contributed by atoms with E-state index in [4.69, 9.17) is 23.8 Å². The van der Waals surface area contributed by atoms with Gasteiger partial charge in [0, 0.05) is 23.0 Å². The molecule has 2 aliphatic heterocycles. The van der Waals surface area contributed by atoms with E-state index in [9.17, 15) is 4.79 Å². The molecule has 3 rings (SSSR count). The summed E-state index contributed by atoms with van der Waals surface area (Å²) in [6, 6.07) is 5.91. The summed E-state index contributed by atoms with van der Waals surface area (Å²) in [6.07, 6.45) is 3.86. The molecule has 120 valence electrons. The summed E-state index contributed by atoms with van der Waals surface area (Å²) in [5.41, 5.74) is 1.12. The van der Waals surface area contributed by atoms with Gasteiger partial charge < -0.3 is 4.90 Å². The van der Waals surface area contributed by atoms with Gasteiger partial charge in [-0.15, -0.1) is 0 Å². The first-order valence-electron chi connectivity index (χ1n) is 7.25. The van der Waals surface area contributed by atoms with Gasteiger partial charge >= 0.3 is 0 Å². The van der Waals surface area contributed by atoms with Crippen LogP contribution >= 0.6 is 47.3 Å². The number of halogens is 1. The van der Waals surface area contributed by atoms with E-state index in [1.165, 1.54) is 16.7 Å². The van der Waals surface area contributed by atoms with E-state index >= 15 is 0 Å². The van der Waals surface area contributed by atoms with Gasteiger partial charge in [-0.2, -0.15) is 0 Å². The number of nitrogens with zero attached hydrogens (tertiary/aromatic N) is 2. The molecule has 1 amide bonds. The molecule has 2 heterocycles. The highest BCUT2D eigenvalue weighted by Crippen LogP contribution is 2.47. The number of benzene rings is 1. The number of thiocarbonyl (C=S) groups is 1. The fraction of sp³-hybridized carbons (Fsp3) is 0.250. The molecule has 0 saturated carbocycles. The van der Waals surface area contributed by atoms with E-state index in [1.54, 1.807) is 16.7 Å². The number of fused-ring (bicyclic) bond motifs is 1. The van der Waals surface area contributed by atoms with Gasteiger partial charge in [0.15, 0.2) is 0 Å². The third kappa shape index (κ3) is 3.18. The highest BCUT2D eigenvalue weighted by Gasteiger charge is 2.30. The minimum Gasteiger partial charge on any atom is -0.335 e. The number of hydrogen-bond donors (Lipinski definition) is 0. The molecular weight excluding hydrogens is 368 g/mol. The Balaban J connectivity index is 1.88. The third-order valence-corrected chi connectivity index (χ3v) is 6.34. The number of likely N-dealkylation sites (N-methyl/N-ethyl adjacent to an activating group) is 1. The number of carbonyl (C=O) groups is 1. The van der Waals surface area contributed by atoms with Crippen molar-refractivity contribution in [3.63, 3.8) is 0 Å². The zero-order valence-electron chi connectivity index (χ0n) is 12.7. The summed E-state index contributed by atoms with van der Waals surface area (Å²) in [7, 11) is 0. The Morgan fingerprint density at radius 3 is 2.57 bits per heavy atom. The molecule has 0 aromatic heterocycles. The lowest BCUT2D eigenvalue weighted by molar-refractivity contribution is -0.122. The van der Waals surface area contributed by atoms with Crippen molar-refractivity contribution in [2.45, 2.75) is 18.7 Å². The van der Waals surface area contributed by atoms with Crippen LogP contribution < -0.4 is 4.90 Å². The van der Waals surface area contributed by atoms with Gasteiger partial charge in [-0.1, -0.05) is 47.3 Å². The van der Waals surface area contributed by atoms with Gasteiger partial charge in [0.1, 0.15) is 4.32 Å². The van der Waals surface area contributed by atoms with E-state index in [-0.39, 0.29) is 5.91 Å². The van der Waals surface area contributed by atoms with Crippen LogP contribution in [0.5, 0.6) is 0 Å². The standard InChI is InChI=1S/C16H15ClN2OS3/c1-3-18-11-9-10(17)5-6-12(11)22-14(18)8-7-13-15(20)19(4-2)16(21)23-13/h5-9H,3-4H2,1-2H3/b13-7+,14-8+. The van der Waals surface area contributed by atoms with Crippen LogP contribution in [0.2, 0.25) is 5.02 Å². The molecule has 23 heavy (non-hydrogen) atoms. The van der Waals surface area contributed by atoms with E-state index in [0.29, 0.717) is 15.8 Å². The summed E-state index contributed by atoms with van der Waals surface area (Å²) in [5.74, 6) is -0.00838. The van der Waals surface area contributed by atoms with Crippen LogP contribution in [0.1, 0.15) is 13.8 Å². The second-order valence-corrected chi connectivity index (χ2v) is 8.09. The summed E-state index contributed by atoms with van der Waals surface area (Å²) < 4.78 is 0.628. The molecule has 0 radical (unpaired) electrons. The van der Waals surface area contributed by atoms with Crippen molar-refractivity contribution in [2.24, 2.45) is 0 Å². The zero-order chi connectivity index (χ0) is 16.6. The summed E-state index contributed by atoms with van der Waals surface area (Å²) in [4.78, 5) is 17.9. The first-order valence-corrected chi connectivity index (χ1v) is 9.67. The van der Waals surface area contributed by atoms with Crippen LogP contribution in [0.3, 0.4) is 0 Å². The quantitative estimate of drug-likeness (QED) is 0.547. The van der Waals surface area contributed by atoms with Gasteiger partial charge in [0.2, 0.25) is 0 Å². The highest BCUT2D eigenvalue weighted by molar-refractivity contribution is 8.26. The fourth-order valence-corrected chi connectivity index (χ4v) is 5.06. The SMILES string of the molecule is CCN1C(=O)/C(=C\C=C2\Sc3ccc(Cl)cc3N2CC)SC1=S. The molecule has 1 aromatic rings. The number of hydrogen-bond acceptors (Lipinski definition) is 5. The minimum atomic E-state index is -0.00838. The predicted octanol–water partition coefficient (Wildman–Crippen LogP) is 4.88. The number of allylic oxidation sites excluding steroid dienone is 2. The number of carbonyl (C=O) groups excluding carboxylic acids is 1. The molecule has 0 atom stereocenters. The molecule has 7 heteroatoms. The zero-order valence-corrected chi connectivity index (χ0v) is 15.9. The van der Waals surface area contributed by atoms with Gasteiger partial charge in [0.05, 0.1) is 15.6 Å². The summed E-state index contributed by atoms with van der Waals surface area (Å²) in [5, 5.41) is 1.82. The fourth-order valence-electron chi connectivity index (χ4n) is 2.46. The molecule has 0 spiro atoms. The number of anilines is 1. The largest absolute Gasteiger partial charge is 0.335 e. The van der Waals surface area contributed by atoms with Crippen LogP contribution in [0.4, 0.5) is 5.69 Å². The smallest absolute Gasteiger partial charge is 0.266 e. The highest BCUT2D eigenvalue weighted by atomic mass is 35.5. The maximum Gasteiger partial charge on any atom is 0.266 e. The van der Waals surface area contributed by atoms with Crippen molar-refractivity contribution in [3.8, 4) is 0 Å². The monoisotopic (exact) mass is 382 g/mol. The van der Waals surface area contributed by atoms with Crippen molar-refractivity contribution < 1.29 is 4.79 Å². The molecular formula is C16H15ClN2OS3. The van der Waals surface area contributed by atoms with Crippen LogP contribution in [0, 0.1) is 0 Å². The van der Waals surface area contributed by atoms with E-state index in [1.807, 2.05) is 37.3 Å². The van der Waals surface area contributed by atoms with Crippen LogP contribution in [-0.4, -0.2) is 28.2 Å². The van der Waals surface area contributed by atoms with Crippen molar-refractivity contribution in [1.29, 1.82) is 0 Å². The normalized spacial score (nSPS) is 21.0. The Hall–Kier alpha value is -0.950. The average Bonchev–Trinajstić information content (AvgIpc) is 3.01. The Kier molecular flexibility index (Phi) is 5.06. The van der Waals surface area contributed by atoms with Gasteiger partial charge in [0.25, 0.3) is 5.91 Å². The number of thioether (sulfide) groups is 2. The van der Waals surface area contributed by atoms with Crippen LogP contribution in [0.25, 0.3) is 0 Å². The second kappa shape index (κ2) is 6.89. The molecule has 0 bridgehead atoms. The maximum atomic E-state index is 12.2. The summed E-state index contributed by atoms with van der Waals surface area (Å²) in [6.45, 7) is 5.48. The molecule has 1 fully saturated rings. The molecule has 1 saturated heterocycles. The van der Waals surface area contributed by atoms with Gasteiger partial charge in [-0.25, -0.2) is 0 Å². The first-order chi connectivity index (χ1) is 11.0. The molecule has 0 N–H and O–H groups in total. The van der Waals surface area contributed by atoms with E-state index < -0.39 is 0 Å². The van der Waals surface area contributed by atoms with Gasteiger partial charge in [-0.3, -0.25) is 9.69 Å². The number of amides is 1. The lowest BCUT2D eigenvalue weighted by Gasteiger charge is -2.17. The Labute approximate surface area is 154 Å². The molecule has 2 aliphatic rings. The Morgan fingerprint density at radius 2 is 1.91 bits per heavy atom. The third-order valence-electron chi connectivity index (χ3n) is 3.58. The van der Waals surface area contributed by atoms with Crippen LogP contribution in [0.15, 0.2) is 45.2 Å². The average molecular weight is 383 g/mol. The molecule has 0 aliphatic carbocycles. The molecule has 0 unspecified atom stereocenters. The predicted molar refractivity (Wildman–Crippen MR) is 104 cm³/mol. The van der Waals surface area contributed by atoms with Crippen molar-refractivity contribution >= 4 is 63.3 Å². The maximum absolute atomic E-state index is 12.2. The first kappa shape index (κ1) is 16.9. The van der Waals surface area contributed by atoms with E-state index in [0.717, 1.165) is 22.3 Å². The lowest BCUT2D eigenvalue weighted by atomic mass is 10.3. The van der Waals surface area contributed by atoms with Crippen molar-refractivity contribution in [2.75, 3.05) is 18.0 Å². The van der Waals surface area contributed by atoms with Crippen molar-refractivity contribution in [1.82, 2.24) is 4.90 Å². The Bertz CT molecular complexity index is 745. The molecule has 1 aromatic carbocycles. The topological polar surface area (TPSA) is 23.6 Å². The van der Waals surface area contributed by atoms with E-state index in [2.05, 4.69) is 11.8 Å². The number of rotatable bonds is 3. The van der Waals surface area contributed by atoms with Crippen molar-refractivity contribution in [3.05, 3.63) is 45.3 Å². The van der Waals surface area contributed by atoms with Gasteiger partial charge in [-0.05, 0) is 44.2 Å². The van der Waals surface area contributed by atoms with Crippen LogP contribution in [-0.2, 0) is 4.79 Å². The second-order valence-electron chi connectivity index (χ2n) is 4.91. The molecule has 3 nitrogen and oxygen atoms in total. The Morgan fingerprint density at radius 1 is 1.17 bits per heavy atom.